The maximum Gasteiger partial charge on any atom is 0.357 e. The number of carbonyl (C=O) groups is 1. The zero-order valence-corrected chi connectivity index (χ0v) is 26.6. The Bertz CT molecular complexity index is 2050. The van der Waals surface area contributed by atoms with Gasteiger partial charge in [0.15, 0.2) is 5.69 Å². The molecule has 0 atom stereocenters. The molecule has 0 aliphatic heterocycles. The van der Waals surface area contributed by atoms with E-state index in [1.54, 1.807) is 53.4 Å². The van der Waals surface area contributed by atoms with Gasteiger partial charge in [-0.05, 0) is 85.7 Å². The summed E-state index contributed by atoms with van der Waals surface area (Å²) in [7, 11) is -2.58. The molecule has 9 nitrogen and oxygen atoms in total. The van der Waals surface area contributed by atoms with E-state index in [0.717, 1.165) is 18.9 Å². The number of primary sulfonamides is 1. The van der Waals surface area contributed by atoms with Crippen molar-refractivity contribution in [2.24, 2.45) is 11.1 Å². The zero-order valence-electron chi connectivity index (χ0n) is 25.0. The second-order valence-electron chi connectivity index (χ2n) is 11.0. The highest BCUT2D eigenvalue weighted by Gasteiger charge is 2.30. The molecule has 0 amide bonds. The van der Waals surface area contributed by atoms with Gasteiger partial charge in [0, 0.05) is 28.5 Å². The van der Waals surface area contributed by atoms with Crippen LogP contribution in [0.2, 0.25) is 0 Å². The van der Waals surface area contributed by atoms with Gasteiger partial charge in [0.25, 0.3) is 0 Å². The third-order valence-corrected chi connectivity index (χ3v) is 9.47. The highest BCUT2D eigenvalue weighted by Crippen LogP contribution is 2.40. The smallest absolute Gasteiger partial charge is 0.357 e. The van der Waals surface area contributed by atoms with Crippen LogP contribution in [0.4, 0.5) is 8.78 Å². The maximum atomic E-state index is 15.4. The molecule has 0 unspecified atom stereocenters. The van der Waals surface area contributed by atoms with E-state index in [-0.39, 0.29) is 29.2 Å². The molecule has 13 heteroatoms. The zero-order chi connectivity index (χ0) is 32.6. The Morgan fingerprint density at radius 1 is 1.07 bits per heavy atom. The van der Waals surface area contributed by atoms with Gasteiger partial charge in [-0.1, -0.05) is 18.2 Å². The Kier molecular flexibility index (Phi) is 8.73. The lowest BCUT2D eigenvalue weighted by molar-refractivity contribution is 0.0520. The number of nitrogens with two attached hydrogens (primary N) is 1. The monoisotopic (exact) mass is 664 g/mol. The summed E-state index contributed by atoms with van der Waals surface area (Å²) in [6, 6.07) is 15.3. The van der Waals surface area contributed by atoms with Crippen LogP contribution in [0.15, 0.2) is 70.9 Å². The topological polar surface area (TPSA) is 126 Å². The van der Waals surface area contributed by atoms with Crippen LogP contribution in [0.1, 0.15) is 47.1 Å². The Hall–Kier alpha value is -4.46. The van der Waals surface area contributed by atoms with Crippen LogP contribution in [-0.4, -0.2) is 42.9 Å². The Labute approximate surface area is 268 Å². The number of benzene rings is 3. The third kappa shape index (κ3) is 6.57. The number of ether oxygens (including phenoxy) is 2. The van der Waals surface area contributed by atoms with Crippen molar-refractivity contribution in [3.63, 3.8) is 0 Å². The van der Waals surface area contributed by atoms with Crippen molar-refractivity contribution >= 4 is 27.3 Å². The predicted octanol–water partition coefficient (Wildman–Crippen LogP) is 6.32. The molecule has 3 aromatic carbocycles. The number of thiazole rings is 1. The SMILES string of the molecule is CCOC(=O)c1csc(-n2nc(CC3CC3)c(Cc3ccc(S(N)(=O)=O)cc3F)c2-c2ccc(F)c(-c3cccc(OC)c3)c2)n1. The first-order valence-electron chi connectivity index (χ1n) is 14.5. The molecular formula is C33H30F2N4O5S2. The summed E-state index contributed by atoms with van der Waals surface area (Å²) in [4.78, 5) is 16.7. The summed E-state index contributed by atoms with van der Waals surface area (Å²) in [6.45, 7) is 1.89. The van der Waals surface area contributed by atoms with Crippen LogP contribution in [0.5, 0.6) is 5.75 Å². The minimum absolute atomic E-state index is 0.0517. The van der Waals surface area contributed by atoms with Crippen molar-refractivity contribution in [1.29, 1.82) is 0 Å². The van der Waals surface area contributed by atoms with E-state index < -0.39 is 27.6 Å². The molecule has 46 heavy (non-hydrogen) atoms. The van der Waals surface area contributed by atoms with Crippen LogP contribution >= 0.6 is 11.3 Å². The van der Waals surface area contributed by atoms with E-state index in [1.165, 1.54) is 36.6 Å². The minimum Gasteiger partial charge on any atom is -0.497 e. The molecule has 238 valence electrons. The number of hydrogen-bond donors (Lipinski definition) is 1. The third-order valence-electron chi connectivity index (χ3n) is 7.74. The highest BCUT2D eigenvalue weighted by molar-refractivity contribution is 7.89. The van der Waals surface area contributed by atoms with Gasteiger partial charge in [-0.15, -0.1) is 11.3 Å². The molecule has 0 radical (unpaired) electrons. The molecule has 1 saturated carbocycles. The fourth-order valence-electron chi connectivity index (χ4n) is 5.26. The summed E-state index contributed by atoms with van der Waals surface area (Å²) >= 11 is 1.19. The Balaban J connectivity index is 1.56. The Morgan fingerprint density at radius 3 is 2.57 bits per heavy atom. The number of esters is 1. The highest BCUT2D eigenvalue weighted by atomic mass is 32.2. The molecule has 1 aliphatic carbocycles. The average Bonchev–Trinajstić information content (AvgIpc) is 3.59. The minimum atomic E-state index is -4.11. The van der Waals surface area contributed by atoms with Crippen LogP contribution in [0.3, 0.4) is 0 Å². The van der Waals surface area contributed by atoms with Crippen molar-refractivity contribution in [3.05, 3.63) is 100 Å². The summed E-state index contributed by atoms with van der Waals surface area (Å²) in [6.07, 6.45) is 2.72. The number of nitrogens with zero attached hydrogens (tertiary/aromatic N) is 3. The fraction of sp³-hybridized carbons (Fsp3) is 0.242. The number of hydrogen-bond acceptors (Lipinski definition) is 8. The number of sulfonamides is 1. The van der Waals surface area contributed by atoms with Gasteiger partial charge in [-0.3, -0.25) is 0 Å². The first-order chi connectivity index (χ1) is 22.0. The molecule has 0 bridgehead atoms. The molecule has 2 aromatic heterocycles. The Morgan fingerprint density at radius 2 is 1.87 bits per heavy atom. The van der Waals surface area contributed by atoms with E-state index in [9.17, 15) is 13.2 Å². The van der Waals surface area contributed by atoms with E-state index in [4.69, 9.17) is 19.7 Å². The molecule has 1 aliphatic rings. The van der Waals surface area contributed by atoms with Crippen molar-refractivity contribution in [2.45, 2.75) is 37.5 Å². The fourth-order valence-corrected chi connectivity index (χ4v) is 6.53. The lowest BCUT2D eigenvalue weighted by atomic mass is 9.94. The van der Waals surface area contributed by atoms with E-state index in [1.807, 2.05) is 0 Å². The molecule has 2 heterocycles. The van der Waals surface area contributed by atoms with Crippen LogP contribution < -0.4 is 9.88 Å². The number of carbonyl (C=O) groups excluding carboxylic acids is 1. The van der Waals surface area contributed by atoms with E-state index in [2.05, 4.69) is 4.98 Å². The van der Waals surface area contributed by atoms with Crippen molar-refractivity contribution in [1.82, 2.24) is 14.8 Å². The number of rotatable bonds is 11. The summed E-state index contributed by atoms with van der Waals surface area (Å²) in [5.74, 6) is -0.802. The first kappa shape index (κ1) is 31.5. The maximum absolute atomic E-state index is 15.4. The molecule has 2 N–H and O–H groups in total. The lowest BCUT2D eigenvalue weighted by Crippen LogP contribution is -2.12. The van der Waals surface area contributed by atoms with Gasteiger partial charge in [-0.2, -0.15) is 5.10 Å². The van der Waals surface area contributed by atoms with Crippen LogP contribution in [0, 0.1) is 17.6 Å². The number of aromatic nitrogens is 3. The summed E-state index contributed by atoms with van der Waals surface area (Å²) in [5, 5.41) is 12.1. The molecule has 0 spiro atoms. The second kappa shape index (κ2) is 12.7. The lowest BCUT2D eigenvalue weighted by Gasteiger charge is -2.13. The predicted molar refractivity (Wildman–Crippen MR) is 170 cm³/mol. The number of halogens is 2. The van der Waals surface area contributed by atoms with E-state index in [0.29, 0.717) is 56.9 Å². The normalized spacial score (nSPS) is 13.2. The van der Waals surface area contributed by atoms with Crippen molar-refractivity contribution in [2.75, 3.05) is 13.7 Å². The van der Waals surface area contributed by atoms with Gasteiger partial charge in [0.1, 0.15) is 17.4 Å². The molecule has 6 rings (SSSR count). The summed E-state index contributed by atoms with van der Waals surface area (Å²) < 4.78 is 66.7. The van der Waals surface area contributed by atoms with Crippen LogP contribution in [0.25, 0.3) is 27.5 Å². The molecule has 1 fully saturated rings. The van der Waals surface area contributed by atoms with Gasteiger partial charge >= 0.3 is 5.97 Å². The van der Waals surface area contributed by atoms with Gasteiger partial charge in [0.05, 0.1) is 30.0 Å². The molecule has 5 aromatic rings. The first-order valence-corrected chi connectivity index (χ1v) is 17.0. The number of methoxy groups -OCH3 is 1. The molecular weight excluding hydrogens is 635 g/mol. The largest absolute Gasteiger partial charge is 0.497 e. The van der Waals surface area contributed by atoms with Crippen molar-refractivity contribution < 1.29 is 31.5 Å². The summed E-state index contributed by atoms with van der Waals surface area (Å²) in [5.41, 5.74) is 3.75. The standard InChI is InChI=1S/C33H30F2N4O5S2/c1-3-44-32(40)30-18-45-33(37-30)39-31(22-10-12-27(34)25(16-22)20-5-4-6-23(14-20)43-2)26(29(38-39)13-19-7-8-19)15-21-9-11-24(17-28(21)35)46(36,41)42/h4-6,9-12,14,16-19H,3,7-8,13,15H2,1-2H3,(H2,36,41,42). The molecule has 0 saturated heterocycles. The van der Waals surface area contributed by atoms with Gasteiger partial charge in [-0.25, -0.2) is 36.8 Å². The van der Waals surface area contributed by atoms with Gasteiger partial charge in [0.2, 0.25) is 15.2 Å². The quantitative estimate of drug-likeness (QED) is 0.164. The van der Waals surface area contributed by atoms with Crippen molar-refractivity contribution in [3.8, 4) is 33.3 Å². The van der Waals surface area contributed by atoms with E-state index >= 15 is 8.78 Å². The van der Waals surface area contributed by atoms with Crippen LogP contribution in [-0.2, 0) is 27.6 Å². The second-order valence-corrected chi connectivity index (χ2v) is 13.4. The van der Waals surface area contributed by atoms with Gasteiger partial charge < -0.3 is 9.47 Å². The average molecular weight is 665 g/mol.